The van der Waals surface area contributed by atoms with Gasteiger partial charge >= 0.3 is 0 Å². The number of aromatic nitrogens is 2. The molecule has 88 valence electrons. The summed E-state index contributed by atoms with van der Waals surface area (Å²) in [4.78, 5) is 13.9. The molecule has 0 saturated carbocycles. The lowest BCUT2D eigenvalue weighted by molar-refractivity contribution is 0.0767. The van der Waals surface area contributed by atoms with Crippen LogP contribution in [0.5, 0.6) is 0 Å². The minimum atomic E-state index is -0.388. The van der Waals surface area contributed by atoms with Crippen molar-refractivity contribution in [3.63, 3.8) is 0 Å². The number of hydrogen-bond acceptors (Lipinski definition) is 3. The Morgan fingerprint density at radius 2 is 2.35 bits per heavy atom. The first-order chi connectivity index (χ1) is 8.25. The molecule has 0 aliphatic carbocycles. The second-order valence-electron chi connectivity index (χ2n) is 4.28. The van der Waals surface area contributed by atoms with Gasteiger partial charge in [0, 0.05) is 19.3 Å². The number of amides is 1. The monoisotopic (exact) mass is 231 g/mol. The fourth-order valence-electron chi connectivity index (χ4n) is 2.20. The molecule has 1 N–H and O–H groups in total. The Kier molecular flexibility index (Phi) is 2.33. The molecule has 3 heterocycles. The van der Waals surface area contributed by atoms with Crippen molar-refractivity contribution in [3.05, 3.63) is 36.2 Å². The molecule has 1 aliphatic heterocycles. The van der Waals surface area contributed by atoms with E-state index < -0.39 is 0 Å². The molecule has 5 heteroatoms. The number of β-amino-alcohol motifs (C(OH)–C–C–N with tert-alkyl or cyclic N) is 1. The molecule has 2 aromatic rings. The predicted molar refractivity (Wildman–Crippen MR) is 61.7 cm³/mol. The van der Waals surface area contributed by atoms with E-state index in [9.17, 15) is 9.90 Å². The second-order valence-corrected chi connectivity index (χ2v) is 4.28. The van der Waals surface area contributed by atoms with Crippen LogP contribution in [0.2, 0.25) is 0 Å². The SMILES string of the molecule is O=C(c1cnn2ccccc12)N1CC[C@H](O)C1. The third-order valence-electron chi connectivity index (χ3n) is 3.11. The van der Waals surface area contributed by atoms with Crippen LogP contribution in [-0.2, 0) is 0 Å². The van der Waals surface area contributed by atoms with Crippen LogP contribution < -0.4 is 0 Å². The smallest absolute Gasteiger partial charge is 0.257 e. The minimum Gasteiger partial charge on any atom is -0.391 e. The van der Waals surface area contributed by atoms with E-state index in [0.717, 1.165) is 5.52 Å². The third kappa shape index (κ3) is 1.68. The Balaban J connectivity index is 1.96. The summed E-state index contributed by atoms with van der Waals surface area (Å²) in [5.74, 6) is -0.0530. The van der Waals surface area contributed by atoms with Crippen LogP contribution in [0.1, 0.15) is 16.8 Å². The van der Waals surface area contributed by atoms with Gasteiger partial charge in [0.25, 0.3) is 5.91 Å². The van der Waals surface area contributed by atoms with Crippen LogP contribution in [0.15, 0.2) is 30.6 Å². The van der Waals surface area contributed by atoms with Gasteiger partial charge < -0.3 is 10.0 Å². The first-order valence-electron chi connectivity index (χ1n) is 5.65. The number of likely N-dealkylation sites (tertiary alicyclic amines) is 1. The molecule has 0 spiro atoms. The fourth-order valence-corrected chi connectivity index (χ4v) is 2.20. The summed E-state index contributed by atoms with van der Waals surface area (Å²) >= 11 is 0. The van der Waals surface area contributed by atoms with E-state index in [1.807, 2.05) is 24.4 Å². The Morgan fingerprint density at radius 1 is 1.47 bits per heavy atom. The highest BCUT2D eigenvalue weighted by Gasteiger charge is 2.26. The molecule has 5 nitrogen and oxygen atoms in total. The highest BCUT2D eigenvalue weighted by atomic mass is 16.3. The van der Waals surface area contributed by atoms with Gasteiger partial charge in [-0.2, -0.15) is 5.10 Å². The maximum Gasteiger partial charge on any atom is 0.257 e. The van der Waals surface area contributed by atoms with Gasteiger partial charge in [0.2, 0.25) is 0 Å². The number of hydrogen-bond donors (Lipinski definition) is 1. The van der Waals surface area contributed by atoms with Crippen LogP contribution in [0.3, 0.4) is 0 Å². The summed E-state index contributed by atoms with van der Waals surface area (Å²) in [6.07, 6.45) is 3.67. The largest absolute Gasteiger partial charge is 0.391 e. The molecule has 0 bridgehead atoms. The van der Waals surface area contributed by atoms with Crippen LogP contribution in [0.25, 0.3) is 5.52 Å². The van der Waals surface area contributed by atoms with Crippen molar-refractivity contribution in [1.29, 1.82) is 0 Å². The molecule has 1 amide bonds. The molecular formula is C12H13N3O2. The van der Waals surface area contributed by atoms with Crippen LogP contribution in [0, 0.1) is 0 Å². The number of aliphatic hydroxyl groups excluding tert-OH is 1. The maximum atomic E-state index is 12.2. The van der Waals surface area contributed by atoms with E-state index in [1.165, 1.54) is 0 Å². The number of nitrogens with zero attached hydrogens (tertiary/aromatic N) is 3. The summed E-state index contributed by atoms with van der Waals surface area (Å²) in [5.41, 5.74) is 1.40. The Bertz CT molecular complexity index is 564. The van der Waals surface area contributed by atoms with Crippen LogP contribution in [0.4, 0.5) is 0 Å². The lowest BCUT2D eigenvalue weighted by Gasteiger charge is -2.14. The van der Waals surface area contributed by atoms with Gasteiger partial charge in [-0.3, -0.25) is 4.79 Å². The minimum absolute atomic E-state index is 0.0530. The van der Waals surface area contributed by atoms with Gasteiger partial charge in [-0.25, -0.2) is 4.52 Å². The van der Waals surface area contributed by atoms with Gasteiger partial charge in [-0.1, -0.05) is 6.07 Å². The van der Waals surface area contributed by atoms with Crippen molar-refractivity contribution in [2.24, 2.45) is 0 Å². The summed E-state index contributed by atoms with van der Waals surface area (Å²) < 4.78 is 1.68. The Morgan fingerprint density at radius 3 is 3.12 bits per heavy atom. The Labute approximate surface area is 98.3 Å². The second kappa shape index (κ2) is 3.85. The molecule has 0 unspecified atom stereocenters. The van der Waals surface area contributed by atoms with Gasteiger partial charge in [-0.15, -0.1) is 0 Å². The average Bonchev–Trinajstić information content (AvgIpc) is 2.94. The lowest BCUT2D eigenvalue weighted by Crippen LogP contribution is -2.29. The zero-order valence-electron chi connectivity index (χ0n) is 9.28. The fraction of sp³-hybridized carbons (Fsp3) is 0.333. The van der Waals surface area contributed by atoms with Gasteiger partial charge in [0.1, 0.15) is 0 Å². The van der Waals surface area contributed by atoms with Crippen molar-refractivity contribution >= 4 is 11.4 Å². The molecule has 0 radical (unpaired) electrons. The molecule has 17 heavy (non-hydrogen) atoms. The summed E-state index contributed by atoms with van der Waals surface area (Å²) in [7, 11) is 0. The molecule has 1 aliphatic rings. The normalized spacial score (nSPS) is 20.1. The predicted octanol–water partition coefficient (Wildman–Crippen LogP) is 0.541. The van der Waals surface area contributed by atoms with Crippen molar-refractivity contribution in [2.75, 3.05) is 13.1 Å². The molecule has 2 aromatic heterocycles. The van der Waals surface area contributed by atoms with E-state index in [2.05, 4.69) is 5.10 Å². The molecule has 1 saturated heterocycles. The van der Waals surface area contributed by atoms with Gasteiger partial charge in [0.15, 0.2) is 0 Å². The summed E-state index contributed by atoms with van der Waals surface area (Å²) in [5, 5.41) is 13.6. The van der Waals surface area contributed by atoms with E-state index >= 15 is 0 Å². The van der Waals surface area contributed by atoms with Gasteiger partial charge in [0.05, 0.1) is 23.4 Å². The number of fused-ring (bicyclic) bond motifs is 1. The topological polar surface area (TPSA) is 57.8 Å². The quantitative estimate of drug-likeness (QED) is 0.779. The first kappa shape index (κ1) is 10.3. The average molecular weight is 231 g/mol. The molecule has 1 fully saturated rings. The van der Waals surface area contributed by atoms with Crippen LogP contribution in [-0.4, -0.2) is 44.7 Å². The molecule has 3 rings (SSSR count). The summed E-state index contributed by atoms with van der Waals surface area (Å²) in [6.45, 7) is 1.03. The van der Waals surface area contributed by atoms with E-state index in [0.29, 0.717) is 25.1 Å². The zero-order chi connectivity index (χ0) is 11.8. The highest BCUT2D eigenvalue weighted by molar-refractivity contribution is 6.00. The summed E-state index contributed by atoms with van der Waals surface area (Å²) in [6, 6.07) is 5.62. The highest BCUT2D eigenvalue weighted by Crippen LogP contribution is 2.17. The van der Waals surface area contributed by atoms with E-state index in [4.69, 9.17) is 0 Å². The van der Waals surface area contributed by atoms with Gasteiger partial charge in [-0.05, 0) is 18.6 Å². The number of carbonyl (C=O) groups excluding carboxylic acids is 1. The number of rotatable bonds is 1. The van der Waals surface area contributed by atoms with Crippen LogP contribution >= 0.6 is 0 Å². The maximum absolute atomic E-state index is 12.2. The molecular weight excluding hydrogens is 218 g/mol. The molecule has 1 atom stereocenters. The van der Waals surface area contributed by atoms with Crippen molar-refractivity contribution in [2.45, 2.75) is 12.5 Å². The Hall–Kier alpha value is -1.88. The zero-order valence-corrected chi connectivity index (χ0v) is 9.28. The van der Waals surface area contributed by atoms with E-state index in [-0.39, 0.29) is 12.0 Å². The number of pyridine rings is 1. The third-order valence-corrected chi connectivity index (χ3v) is 3.11. The van der Waals surface area contributed by atoms with Crippen molar-refractivity contribution < 1.29 is 9.90 Å². The molecule has 0 aromatic carbocycles. The van der Waals surface area contributed by atoms with Crippen molar-refractivity contribution in [1.82, 2.24) is 14.5 Å². The lowest BCUT2D eigenvalue weighted by atomic mass is 10.2. The first-order valence-corrected chi connectivity index (χ1v) is 5.65. The van der Waals surface area contributed by atoms with E-state index in [1.54, 1.807) is 15.6 Å². The standard InChI is InChI=1S/C12H13N3O2/c16-9-4-6-14(8-9)12(17)10-7-13-15-5-2-1-3-11(10)15/h1-3,5,7,9,16H,4,6,8H2/t9-/m0/s1. The number of carbonyl (C=O) groups is 1. The number of aliphatic hydroxyl groups is 1. The van der Waals surface area contributed by atoms with Crippen molar-refractivity contribution in [3.8, 4) is 0 Å².